The first-order chi connectivity index (χ1) is 17.3. The molecule has 3 nitrogen and oxygen atoms in total. The van der Waals surface area contributed by atoms with Gasteiger partial charge in [-0.05, 0) is 53.4 Å². The Bertz CT molecular complexity index is 1490. The van der Waals surface area contributed by atoms with Crippen LogP contribution < -0.4 is 0 Å². The summed E-state index contributed by atoms with van der Waals surface area (Å²) in [5, 5.41) is 6.16. The summed E-state index contributed by atoms with van der Waals surface area (Å²) in [6.07, 6.45) is 3.96. The van der Waals surface area contributed by atoms with Gasteiger partial charge in [-0.2, -0.15) is 5.10 Å². The SMILES string of the molecule is Cc1nn(C(c2ccccc2)(c2ccccc2)c2ccccc2)cc1-c1ccc2ncc[c]c2c1. The zero-order valence-electron chi connectivity index (χ0n) is 19.5. The quantitative estimate of drug-likeness (QED) is 0.264. The van der Waals surface area contributed by atoms with E-state index in [0.29, 0.717) is 0 Å². The molecule has 0 aliphatic rings. The molecule has 35 heavy (non-hydrogen) atoms. The van der Waals surface area contributed by atoms with Crippen LogP contribution in [0.4, 0.5) is 0 Å². The molecule has 0 N–H and O–H groups in total. The highest BCUT2D eigenvalue weighted by molar-refractivity contribution is 5.84. The summed E-state index contributed by atoms with van der Waals surface area (Å²) in [6, 6.07) is 43.4. The molecular weight excluding hydrogens is 426 g/mol. The van der Waals surface area contributed by atoms with Gasteiger partial charge in [0.1, 0.15) is 5.54 Å². The van der Waals surface area contributed by atoms with E-state index in [-0.39, 0.29) is 0 Å². The fourth-order valence-electron chi connectivity index (χ4n) is 5.03. The largest absolute Gasteiger partial charge is 0.256 e. The molecule has 6 aromatic rings. The molecule has 0 spiro atoms. The van der Waals surface area contributed by atoms with Crippen LogP contribution in [0, 0.1) is 13.0 Å². The van der Waals surface area contributed by atoms with Gasteiger partial charge in [0.05, 0.1) is 11.2 Å². The average Bonchev–Trinajstić information content (AvgIpc) is 3.32. The lowest BCUT2D eigenvalue weighted by atomic mass is 9.77. The lowest BCUT2D eigenvalue weighted by Crippen LogP contribution is -2.38. The number of pyridine rings is 1. The summed E-state index contributed by atoms with van der Waals surface area (Å²) in [5.41, 5.74) is 6.95. The van der Waals surface area contributed by atoms with Crippen molar-refractivity contribution in [2.45, 2.75) is 12.5 Å². The summed E-state index contributed by atoms with van der Waals surface area (Å²) < 4.78 is 2.13. The van der Waals surface area contributed by atoms with Gasteiger partial charge < -0.3 is 0 Å². The van der Waals surface area contributed by atoms with Crippen molar-refractivity contribution >= 4 is 10.9 Å². The van der Waals surface area contributed by atoms with Crippen LogP contribution in [0.15, 0.2) is 128 Å². The number of fused-ring (bicyclic) bond motifs is 1. The maximum atomic E-state index is 5.16. The summed E-state index contributed by atoms with van der Waals surface area (Å²) in [7, 11) is 0. The molecule has 4 aromatic carbocycles. The summed E-state index contributed by atoms with van der Waals surface area (Å²) >= 11 is 0. The monoisotopic (exact) mass is 450 g/mol. The highest BCUT2D eigenvalue weighted by Crippen LogP contribution is 2.41. The van der Waals surface area contributed by atoms with E-state index < -0.39 is 5.54 Å². The van der Waals surface area contributed by atoms with Crippen LogP contribution in [0.2, 0.25) is 0 Å². The van der Waals surface area contributed by atoms with Gasteiger partial charge in [0.15, 0.2) is 0 Å². The Kier molecular flexibility index (Phi) is 5.23. The molecule has 2 heterocycles. The fourth-order valence-corrected chi connectivity index (χ4v) is 5.03. The molecule has 167 valence electrons. The standard InChI is InChI=1S/C32H24N3/c1-24-30(25-19-20-31-26(22-25)12-11-21-33-31)23-35(34-24)32(27-13-5-2-6-14-27,28-15-7-3-8-16-28)29-17-9-4-10-18-29/h2-11,13-23H,1H3. The van der Waals surface area contributed by atoms with Crippen LogP contribution in [-0.4, -0.2) is 14.8 Å². The molecule has 0 saturated carbocycles. The van der Waals surface area contributed by atoms with Gasteiger partial charge in [0.2, 0.25) is 0 Å². The van der Waals surface area contributed by atoms with Crippen LogP contribution in [0.3, 0.4) is 0 Å². The molecule has 1 radical (unpaired) electrons. The topological polar surface area (TPSA) is 30.7 Å². The van der Waals surface area contributed by atoms with Crippen molar-refractivity contribution in [3.8, 4) is 11.1 Å². The highest BCUT2D eigenvalue weighted by Gasteiger charge is 2.39. The summed E-state index contributed by atoms with van der Waals surface area (Å²) in [4.78, 5) is 4.45. The first kappa shape index (κ1) is 21.1. The maximum Gasteiger partial charge on any atom is 0.138 e. The first-order valence-electron chi connectivity index (χ1n) is 11.8. The molecule has 0 unspecified atom stereocenters. The van der Waals surface area contributed by atoms with Gasteiger partial charge in [-0.15, -0.1) is 0 Å². The van der Waals surface area contributed by atoms with Crippen LogP contribution in [0.25, 0.3) is 22.0 Å². The molecule has 0 aliphatic heterocycles. The molecule has 0 bridgehead atoms. The molecule has 0 aliphatic carbocycles. The highest BCUT2D eigenvalue weighted by atomic mass is 15.3. The molecule has 0 atom stereocenters. The predicted molar refractivity (Wildman–Crippen MR) is 141 cm³/mol. The Morgan fingerprint density at radius 1 is 0.714 bits per heavy atom. The van der Waals surface area contributed by atoms with Gasteiger partial charge in [-0.3, -0.25) is 9.67 Å². The summed E-state index contributed by atoms with van der Waals surface area (Å²) in [6.45, 7) is 2.08. The predicted octanol–water partition coefficient (Wildman–Crippen LogP) is 7.05. The zero-order valence-corrected chi connectivity index (χ0v) is 19.5. The Hall–Kier alpha value is -4.50. The number of aromatic nitrogens is 3. The number of benzene rings is 4. The Balaban J connectivity index is 1.64. The Labute approximate surface area is 205 Å². The fraction of sp³-hybridized carbons (Fsp3) is 0.0625. The normalized spacial score (nSPS) is 11.6. The summed E-state index contributed by atoms with van der Waals surface area (Å²) in [5.74, 6) is 0. The minimum atomic E-state index is -0.628. The van der Waals surface area contributed by atoms with Gasteiger partial charge in [0.25, 0.3) is 0 Å². The van der Waals surface area contributed by atoms with E-state index in [1.165, 1.54) is 0 Å². The zero-order chi connectivity index (χ0) is 23.7. The van der Waals surface area contributed by atoms with E-state index in [1.807, 2.05) is 6.07 Å². The van der Waals surface area contributed by atoms with E-state index in [1.54, 1.807) is 6.20 Å². The van der Waals surface area contributed by atoms with Crippen molar-refractivity contribution in [3.63, 3.8) is 0 Å². The third kappa shape index (κ3) is 3.53. The lowest BCUT2D eigenvalue weighted by molar-refractivity contribution is 0.458. The molecule has 6 rings (SSSR count). The van der Waals surface area contributed by atoms with Crippen molar-refractivity contribution in [3.05, 3.63) is 156 Å². The molecule has 0 fully saturated rings. The minimum absolute atomic E-state index is 0.628. The van der Waals surface area contributed by atoms with E-state index >= 15 is 0 Å². The average molecular weight is 451 g/mol. The second kappa shape index (κ2) is 8.69. The molecule has 0 amide bonds. The van der Waals surface area contributed by atoms with Crippen LogP contribution in [-0.2, 0) is 5.54 Å². The van der Waals surface area contributed by atoms with Gasteiger partial charge >= 0.3 is 0 Å². The van der Waals surface area contributed by atoms with Crippen LogP contribution >= 0.6 is 0 Å². The molecular formula is C32H24N3. The lowest BCUT2D eigenvalue weighted by Gasteiger charge is -2.36. The number of rotatable bonds is 5. The number of aryl methyl sites for hydroxylation is 1. The third-order valence-corrected chi connectivity index (χ3v) is 6.65. The second-order valence-corrected chi connectivity index (χ2v) is 8.70. The van der Waals surface area contributed by atoms with Crippen molar-refractivity contribution in [2.75, 3.05) is 0 Å². The van der Waals surface area contributed by atoms with E-state index in [0.717, 1.165) is 44.4 Å². The van der Waals surface area contributed by atoms with Crippen LogP contribution in [0.1, 0.15) is 22.4 Å². The molecule has 0 saturated heterocycles. The second-order valence-electron chi connectivity index (χ2n) is 8.70. The Morgan fingerprint density at radius 3 is 1.86 bits per heavy atom. The van der Waals surface area contributed by atoms with Crippen molar-refractivity contribution in [1.82, 2.24) is 14.8 Å². The Morgan fingerprint density at radius 2 is 1.29 bits per heavy atom. The van der Waals surface area contributed by atoms with Gasteiger partial charge in [-0.1, -0.05) is 97.1 Å². The number of nitrogens with zero attached hydrogens (tertiary/aromatic N) is 3. The van der Waals surface area contributed by atoms with Gasteiger partial charge in [-0.25, -0.2) is 0 Å². The number of hydrogen-bond acceptors (Lipinski definition) is 2. The minimum Gasteiger partial charge on any atom is -0.256 e. The van der Waals surface area contributed by atoms with E-state index in [4.69, 9.17) is 5.10 Å². The third-order valence-electron chi connectivity index (χ3n) is 6.65. The van der Waals surface area contributed by atoms with E-state index in [9.17, 15) is 0 Å². The molecule has 3 heteroatoms. The smallest absolute Gasteiger partial charge is 0.138 e. The first-order valence-corrected chi connectivity index (χ1v) is 11.8. The van der Waals surface area contributed by atoms with Crippen molar-refractivity contribution in [2.24, 2.45) is 0 Å². The van der Waals surface area contributed by atoms with Crippen LogP contribution in [0.5, 0.6) is 0 Å². The van der Waals surface area contributed by atoms with E-state index in [2.05, 4.69) is 138 Å². The molecule has 2 aromatic heterocycles. The maximum absolute atomic E-state index is 5.16. The number of hydrogen-bond donors (Lipinski definition) is 0. The van der Waals surface area contributed by atoms with Crippen molar-refractivity contribution < 1.29 is 0 Å². The van der Waals surface area contributed by atoms with Crippen molar-refractivity contribution in [1.29, 1.82) is 0 Å². The van der Waals surface area contributed by atoms with Gasteiger partial charge in [0, 0.05) is 23.3 Å².